The largest absolute Gasteiger partial charge is 0.832 e. The zero-order valence-corrected chi connectivity index (χ0v) is 30.0. The van der Waals surface area contributed by atoms with Crippen molar-refractivity contribution >= 4 is 7.32 Å². The van der Waals surface area contributed by atoms with Crippen molar-refractivity contribution in [3.63, 3.8) is 0 Å². The quantitative estimate of drug-likeness (QED) is 0.0908. The van der Waals surface area contributed by atoms with Crippen LogP contribution in [0.5, 0.6) is 0 Å². The van der Waals surface area contributed by atoms with E-state index in [1.165, 1.54) is 137 Å². The van der Waals surface area contributed by atoms with Gasteiger partial charge in [-0.25, -0.2) is 13.2 Å². The minimum Gasteiger partial charge on any atom is -0.832 e. The van der Waals surface area contributed by atoms with Gasteiger partial charge in [-0.05, 0) is 55.9 Å². The maximum atomic E-state index is 15.2. The molecule has 0 bridgehead atoms. The molecule has 1 N–H and O–H groups in total. The van der Waals surface area contributed by atoms with Gasteiger partial charge < -0.3 is 19.2 Å². The number of unbranched alkanes of at least 4 members (excludes halogenated alkanes) is 5. The molecule has 1 unspecified atom stereocenters. The van der Waals surface area contributed by atoms with Crippen molar-refractivity contribution in [2.75, 3.05) is 26.2 Å². The van der Waals surface area contributed by atoms with E-state index < -0.39 is 36.3 Å². The fourth-order valence-corrected chi connectivity index (χ4v) is 6.80. The minimum atomic E-state index is -2.62. The highest BCUT2D eigenvalue weighted by molar-refractivity contribution is 6.30. The second-order valence-corrected chi connectivity index (χ2v) is 13.0. The molecule has 0 aromatic heterocycles. The van der Waals surface area contributed by atoms with Gasteiger partial charge in [0.1, 0.15) is 23.1 Å². The van der Waals surface area contributed by atoms with Crippen LogP contribution in [0.4, 0.5) is 13.2 Å². The number of hydrogen-bond donors (Lipinski definition) is 1. The first kappa shape index (κ1) is 41.5. The van der Waals surface area contributed by atoms with E-state index in [4.69, 9.17) is 4.65 Å². The van der Waals surface area contributed by atoms with Crippen molar-refractivity contribution in [2.24, 2.45) is 0 Å². The molecule has 0 spiro atoms. The fourth-order valence-electron chi connectivity index (χ4n) is 6.80. The van der Waals surface area contributed by atoms with Crippen LogP contribution in [0.1, 0.15) is 128 Å². The van der Waals surface area contributed by atoms with Gasteiger partial charge in [-0.3, -0.25) is 0 Å². The van der Waals surface area contributed by atoms with Gasteiger partial charge in [0, 0.05) is 17.0 Å². The first-order valence-electron chi connectivity index (χ1n) is 18.3. The smallest absolute Gasteiger partial charge is 0.343 e. The Morgan fingerprint density at radius 3 is 1.35 bits per heavy atom. The molecule has 3 aromatic carbocycles. The molecular formula is C40H59BF3NO3. The average Bonchev–Trinajstić information content (AvgIpc) is 3.08. The molecule has 0 aliphatic rings. The lowest BCUT2D eigenvalue weighted by Gasteiger charge is -2.45. The molecule has 1 atom stereocenters. The first-order chi connectivity index (χ1) is 23.2. The molecule has 4 nitrogen and oxygen atoms in total. The summed E-state index contributed by atoms with van der Waals surface area (Å²) in [6.45, 7) is 16.9. The highest BCUT2D eigenvalue weighted by atomic mass is 19.1. The second-order valence-electron chi connectivity index (χ2n) is 13.0. The van der Waals surface area contributed by atoms with Crippen LogP contribution in [0, 0.1) is 17.5 Å². The van der Waals surface area contributed by atoms with Crippen LogP contribution >= 0.6 is 0 Å². The molecule has 0 aliphatic carbocycles. The van der Waals surface area contributed by atoms with Crippen molar-refractivity contribution in [1.82, 2.24) is 0 Å². The number of hydrogen-bond acceptors (Lipinski definition) is 3. The lowest BCUT2D eigenvalue weighted by Crippen LogP contribution is -2.50. The Labute approximate surface area is 289 Å². The summed E-state index contributed by atoms with van der Waals surface area (Å²) < 4.78 is 52.2. The third kappa shape index (κ3) is 11.8. The van der Waals surface area contributed by atoms with Crippen molar-refractivity contribution in [3.05, 3.63) is 107 Å². The second kappa shape index (κ2) is 22.1. The zero-order valence-electron chi connectivity index (χ0n) is 30.0. The summed E-state index contributed by atoms with van der Waals surface area (Å²) in [6, 6.07) is 16.8. The Kier molecular flexibility index (Phi) is 19.2. The van der Waals surface area contributed by atoms with E-state index in [9.17, 15) is 14.4 Å². The van der Waals surface area contributed by atoms with E-state index in [1.807, 2.05) is 6.92 Å². The van der Waals surface area contributed by atoms with Crippen LogP contribution in [0.2, 0.25) is 0 Å². The lowest BCUT2D eigenvalue weighted by atomic mass is 9.69. The van der Waals surface area contributed by atoms with Gasteiger partial charge in [-0.15, -0.1) is 0 Å². The monoisotopic (exact) mass is 669 g/mol. The van der Waals surface area contributed by atoms with E-state index in [2.05, 4.69) is 27.7 Å². The third-order valence-corrected chi connectivity index (χ3v) is 9.40. The van der Waals surface area contributed by atoms with E-state index in [1.54, 1.807) is 6.07 Å². The summed E-state index contributed by atoms with van der Waals surface area (Å²) in [7, 11) is -2.62. The molecule has 48 heavy (non-hydrogen) atoms. The number of rotatable bonds is 21. The summed E-state index contributed by atoms with van der Waals surface area (Å²) in [5.74, 6) is -3.11. The van der Waals surface area contributed by atoms with Crippen LogP contribution in [0.25, 0.3) is 0 Å². The van der Waals surface area contributed by atoms with Crippen LogP contribution in [0.3, 0.4) is 0 Å². The van der Waals surface area contributed by atoms with Gasteiger partial charge in [0.25, 0.3) is 0 Å². The Balaban J connectivity index is 0.000000401. The SMILES string of the molecule is CCCCC(c1ccccc1F)C(OB([O-])O)(c1ccccc1F)c1ccccc1F.CCCC[N+](CCCC)(CCCC)CCCC. The Morgan fingerprint density at radius 2 is 1.00 bits per heavy atom. The molecule has 266 valence electrons. The predicted molar refractivity (Wildman–Crippen MR) is 191 cm³/mol. The molecule has 8 heteroatoms. The molecule has 0 radical (unpaired) electrons. The van der Waals surface area contributed by atoms with Gasteiger partial charge in [-0.2, -0.15) is 0 Å². The van der Waals surface area contributed by atoms with Gasteiger partial charge in [-0.1, -0.05) is 128 Å². The summed E-state index contributed by atoms with van der Waals surface area (Å²) in [4.78, 5) is 0. The average molecular weight is 670 g/mol. The summed E-state index contributed by atoms with van der Waals surface area (Å²) in [6.07, 6.45) is 12.6. The van der Waals surface area contributed by atoms with E-state index in [-0.39, 0.29) is 23.1 Å². The molecule has 0 fully saturated rings. The van der Waals surface area contributed by atoms with Gasteiger partial charge in [0.05, 0.1) is 26.2 Å². The first-order valence-corrected chi connectivity index (χ1v) is 18.3. The summed E-state index contributed by atoms with van der Waals surface area (Å²) in [5.41, 5.74) is -2.27. The van der Waals surface area contributed by atoms with Crippen LogP contribution in [0.15, 0.2) is 72.8 Å². The number of halogens is 3. The normalized spacial score (nSPS) is 12.4. The van der Waals surface area contributed by atoms with Crippen molar-refractivity contribution in [1.29, 1.82) is 0 Å². The highest BCUT2D eigenvalue weighted by Gasteiger charge is 2.48. The number of nitrogens with zero attached hydrogens (tertiary/aromatic N) is 1. The standard InChI is InChI=1S/C24H23BF3O3.C16H36N/c1-2-3-11-18(17-10-4-7-14-21(17)26)24(31-25(29)30,19-12-5-8-15-22(19)27)20-13-6-9-16-23(20)28;1-5-9-13-17(14-10-6-2,15-11-7-3)16-12-8-4/h4-10,12-16,18,29H,2-3,11H2,1H3;5-16H2,1-4H3/q-1;+1. The molecule has 3 aromatic rings. The fraction of sp³-hybridized carbons (Fsp3) is 0.550. The topological polar surface area (TPSA) is 52.5 Å². The van der Waals surface area contributed by atoms with Crippen molar-refractivity contribution in [3.8, 4) is 0 Å². The molecular weight excluding hydrogens is 610 g/mol. The van der Waals surface area contributed by atoms with Crippen LogP contribution < -0.4 is 5.02 Å². The Bertz CT molecular complexity index is 1220. The molecule has 0 aliphatic heterocycles. The van der Waals surface area contributed by atoms with Gasteiger partial charge in [0.2, 0.25) is 0 Å². The van der Waals surface area contributed by atoms with Crippen molar-refractivity contribution in [2.45, 2.75) is 117 Å². The summed E-state index contributed by atoms with van der Waals surface area (Å²) >= 11 is 0. The molecule has 0 amide bonds. The maximum absolute atomic E-state index is 15.2. The van der Waals surface area contributed by atoms with E-state index in [0.29, 0.717) is 6.42 Å². The van der Waals surface area contributed by atoms with Crippen LogP contribution in [-0.4, -0.2) is 43.0 Å². The highest BCUT2D eigenvalue weighted by Crippen LogP contribution is 2.50. The Morgan fingerprint density at radius 1 is 0.625 bits per heavy atom. The molecule has 3 rings (SSSR count). The van der Waals surface area contributed by atoms with Gasteiger partial charge in [0.15, 0.2) is 0 Å². The Hall–Kier alpha value is -2.65. The van der Waals surface area contributed by atoms with Crippen molar-refractivity contribution < 1.29 is 32.4 Å². The molecule has 0 saturated carbocycles. The van der Waals surface area contributed by atoms with Gasteiger partial charge >= 0.3 is 7.32 Å². The number of quaternary nitrogens is 1. The zero-order chi connectivity index (χ0) is 35.4. The lowest BCUT2D eigenvalue weighted by molar-refractivity contribution is -0.929. The molecule has 0 heterocycles. The predicted octanol–water partition coefficient (Wildman–Crippen LogP) is 9.68. The third-order valence-electron chi connectivity index (χ3n) is 9.40. The van der Waals surface area contributed by atoms with Crippen LogP contribution in [-0.2, 0) is 10.3 Å². The van der Waals surface area contributed by atoms with E-state index >= 15 is 8.78 Å². The minimum absolute atomic E-state index is 0.142. The molecule has 0 saturated heterocycles. The maximum Gasteiger partial charge on any atom is 0.343 e. The number of benzene rings is 3. The summed E-state index contributed by atoms with van der Waals surface area (Å²) in [5, 5.41) is 21.8. The van der Waals surface area contributed by atoms with E-state index in [0.717, 1.165) is 18.6 Å².